The molecule has 1 heterocycles. The number of thioether (sulfide) groups is 1. The molecule has 1 aromatic heterocycles. The number of hydrogen-bond acceptors (Lipinski definition) is 7. The molecule has 0 saturated carbocycles. The van der Waals surface area contributed by atoms with E-state index in [1.165, 1.54) is 37.3 Å². The van der Waals surface area contributed by atoms with Gasteiger partial charge in [-0.15, -0.1) is 10.2 Å². The molecule has 26 heavy (non-hydrogen) atoms. The van der Waals surface area contributed by atoms with Gasteiger partial charge < -0.3 is 10.1 Å². The van der Waals surface area contributed by atoms with Gasteiger partial charge in [-0.05, 0) is 38.1 Å². The normalized spacial score (nSPS) is 11.5. The van der Waals surface area contributed by atoms with Gasteiger partial charge in [-0.1, -0.05) is 23.9 Å². The smallest absolute Gasteiger partial charge is 0.327 e. The van der Waals surface area contributed by atoms with Crippen LogP contribution in [-0.2, 0) is 14.3 Å². The van der Waals surface area contributed by atoms with E-state index in [9.17, 15) is 18.8 Å². The SMILES string of the molecule is CCOC(=O)C(Sc1ccc(NC(=O)c2ccccc2F)nn1)C(C)=O. The van der Waals surface area contributed by atoms with Crippen LogP contribution in [0.2, 0.25) is 0 Å². The third-order valence-electron chi connectivity index (χ3n) is 3.11. The third kappa shape index (κ3) is 5.09. The molecule has 0 aliphatic carbocycles. The predicted molar refractivity (Wildman–Crippen MR) is 93.3 cm³/mol. The van der Waals surface area contributed by atoms with E-state index in [1.807, 2.05) is 0 Å². The highest BCUT2D eigenvalue weighted by molar-refractivity contribution is 8.01. The largest absolute Gasteiger partial charge is 0.465 e. The van der Waals surface area contributed by atoms with Crippen molar-refractivity contribution in [2.75, 3.05) is 11.9 Å². The van der Waals surface area contributed by atoms with Crippen LogP contribution < -0.4 is 5.32 Å². The molecule has 1 unspecified atom stereocenters. The quantitative estimate of drug-likeness (QED) is 0.450. The Hall–Kier alpha value is -2.81. The molecule has 0 bridgehead atoms. The van der Waals surface area contributed by atoms with E-state index in [4.69, 9.17) is 4.74 Å². The average molecular weight is 377 g/mol. The molecule has 136 valence electrons. The maximum atomic E-state index is 13.6. The monoisotopic (exact) mass is 377 g/mol. The van der Waals surface area contributed by atoms with Gasteiger partial charge in [0.05, 0.1) is 12.2 Å². The second-order valence-corrected chi connectivity index (χ2v) is 6.18. The van der Waals surface area contributed by atoms with E-state index in [1.54, 1.807) is 13.0 Å². The van der Waals surface area contributed by atoms with E-state index < -0.39 is 22.9 Å². The number of nitrogens with zero attached hydrogens (tertiary/aromatic N) is 2. The third-order valence-corrected chi connectivity index (χ3v) is 4.33. The van der Waals surface area contributed by atoms with Crippen molar-refractivity contribution in [1.82, 2.24) is 10.2 Å². The molecular weight excluding hydrogens is 361 g/mol. The lowest BCUT2D eigenvalue weighted by molar-refractivity contribution is -0.144. The summed E-state index contributed by atoms with van der Waals surface area (Å²) in [7, 11) is 0. The number of esters is 1. The number of carbonyl (C=O) groups is 3. The van der Waals surface area contributed by atoms with Crippen LogP contribution >= 0.6 is 11.8 Å². The number of Topliss-reactive ketones (excluding diaryl/α,β-unsaturated/α-hetero) is 1. The Morgan fingerprint density at radius 1 is 1.19 bits per heavy atom. The maximum Gasteiger partial charge on any atom is 0.327 e. The molecule has 7 nitrogen and oxygen atoms in total. The molecule has 0 aliphatic rings. The highest BCUT2D eigenvalue weighted by atomic mass is 32.2. The van der Waals surface area contributed by atoms with Crippen molar-refractivity contribution in [3.05, 3.63) is 47.8 Å². The number of benzene rings is 1. The molecule has 2 aromatic rings. The summed E-state index contributed by atoms with van der Waals surface area (Å²) in [6.07, 6.45) is 0. The predicted octanol–water partition coefficient (Wildman–Crippen LogP) is 2.48. The Balaban J connectivity index is 2.05. The number of ether oxygens (including phenoxy) is 1. The Labute approximate surface area is 153 Å². The molecule has 0 fully saturated rings. The minimum absolute atomic E-state index is 0.109. The van der Waals surface area contributed by atoms with E-state index in [0.717, 1.165) is 11.8 Å². The first-order valence-electron chi connectivity index (χ1n) is 7.65. The number of anilines is 1. The van der Waals surface area contributed by atoms with E-state index in [0.29, 0.717) is 5.03 Å². The van der Waals surface area contributed by atoms with Crippen molar-refractivity contribution in [2.45, 2.75) is 24.1 Å². The summed E-state index contributed by atoms with van der Waals surface area (Å²) in [5, 5.41) is 9.35. The minimum atomic E-state index is -1.04. The van der Waals surface area contributed by atoms with Gasteiger partial charge in [0.25, 0.3) is 5.91 Å². The lowest BCUT2D eigenvalue weighted by Gasteiger charge is -2.11. The van der Waals surface area contributed by atoms with Gasteiger partial charge in [0.15, 0.2) is 16.9 Å². The van der Waals surface area contributed by atoms with Crippen LogP contribution in [0.3, 0.4) is 0 Å². The average Bonchev–Trinajstić information content (AvgIpc) is 2.61. The number of ketones is 1. The van der Waals surface area contributed by atoms with Crippen LogP contribution in [0.15, 0.2) is 41.4 Å². The molecule has 1 N–H and O–H groups in total. The molecule has 2 rings (SSSR count). The van der Waals surface area contributed by atoms with Gasteiger partial charge in [0.2, 0.25) is 0 Å². The Bertz CT molecular complexity index is 814. The zero-order chi connectivity index (χ0) is 19.1. The van der Waals surface area contributed by atoms with Gasteiger partial charge in [-0.25, -0.2) is 4.39 Å². The lowest BCUT2D eigenvalue weighted by Crippen LogP contribution is -2.27. The summed E-state index contributed by atoms with van der Waals surface area (Å²) < 4.78 is 18.4. The number of rotatable bonds is 7. The molecule has 1 aromatic carbocycles. The molecule has 0 radical (unpaired) electrons. The number of nitrogens with one attached hydrogen (secondary N) is 1. The second kappa shape index (κ2) is 9.04. The van der Waals surface area contributed by atoms with Gasteiger partial charge in [-0.2, -0.15) is 0 Å². The molecule has 0 aliphatic heterocycles. The number of halogens is 1. The fourth-order valence-electron chi connectivity index (χ4n) is 1.91. The van der Waals surface area contributed by atoms with Crippen LogP contribution in [0, 0.1) is 5.82 Å². The highest BCUT2D eigenvalue weighted by Gasteiger charge is 2.26. The number of hydrogen-bond donors (Lipinski definition) is 1. The zero-order valence-electron chi connectivity index (χ0n) is 14.1. The van der Waals surface area contributed by atoms with Crippen LogP contribution in [0.5, 0.6) is 0 Å². The van der Waals surface area contributed by atoms with Gasteiger partial charge in [-0.3, -0.25) is 14.4 Å². The van der Waals surface area contributed by atoms with Gasteiger partial charge in [0.1, 0.15) is 10.8 Å². The summed E-state index contributed by atoms with van der Waals surface area (Å²) in [6, 6.07) is 8.48. The minimum Gasteiger partial charge on any atom is -0.465 e. The summed E-state index contributed by atoms with van der Waals surface area (Å²) >= 11 is 0.901. The summed E-state index contributed by atoms with van der Waals surface area (Å²) in [4.78, 5) is 35.4. The molecule has 0 saturated heterocycles. The standard InChI is InChI=1S/C17H16FN3O4S/c1-3-25-17(24)15(10(2)22)26-14-9-8-13(20-21-14)19-16(23)11-6-4-5-7-12(11)18/h4-9,15H,3H2,1-2H3,(H,19,20,23). The zero-order valence-corrected chi connectivity index (χ0v) is 14.9. The second-order valence-electron chi connectivity index (χ2n) is 5.05. The van der Waals surface area contributed by atoms with Crippen LogP contribution in [0.25, 0.3) is 0 Å². The van der Waals surface area contributed by atoms with Crippen LogP contribution in [0.1, 0.15) is 24.2 Å². The topological polar surface area (TPSA) is 98.2 Å². The lowest BCUT2D eigenvalue weighted by atomic mass is 10.2. The van der Waals surface area contributed by atoms with Gasteiger partial charge in [0, 0.05) is 0 Å². The first-order chi connectivity index (χ1) is 12.4. The number of carbonyl (C=O) groups excluding carboxylic acids is 3. The Morgan fingerprint density at radius 2 is 1.92 bits per heavy atom. The number of amides is 1. The highest BCUT2D eigenvalue weighted by Crippen LogP contribution is 2.23. The van der Waals surface area contributed by atoms with E-state index >= 15 is 0 Å². The van der Waals surface area contributed by atoms with Crippen molar-refractivity contribution in [3.8, 4) is 0 Å². The molecule has 9 heteroatoms. The van der Waals surface area contributed by atoms with E-state index in [-0.39, 0.29) is 23.8 Å². The van der Waals surface area contributed by atoms with Crippen molar-refractivity contribution in [2.24, 2.45) is 0 Å². The molecule has 1 amide bonds. The Morgan fingerprint density at radius 3 is 2.50 bits per heavy atom. The van der Waals surface area contributed by atoms with Crippen molar-refractivity contribution >= 4 is 35.2 Å². The van der Waals surface area contributed by atoms with E-state index in [2.05, 4.69) is 15.5 Å². The molecule has 1 atom stereocenters. The van der Waals surface area contributed by atoms with Crippen molar-refractivity contribution < 1.29 is 23.5 Å². The first kappa shape index (κ1) is 19.5. The van der Waals surface area contributed by atoms with Crippen molar-refractivity contribution in [3.63, 3.8) is 0 Å². The summed E-state index contributed by atoms with van der Waals surface area (Å²) in [5.41, 5.74) is -0.119. The fourth-order valence-corrected chi connectivity index (χ4v) is 2.72. The number of aromatic nitrogens is 2. The molecule has 0 spiro atoms. The fraction of sp³-hybridized carbons (Fsp3) is 0.235. The van der Waals surface area contributed by atoms with Crippen LogP contribution in [-0.4, -0.2) is 39.7 Å². The summed E-state index contributed by atoms with van der Waals surface area (Å²) in [5.74, 6) is -2.22. The van der Waals surface area contributed by atoms with Crippen LogP contribution in [0.4, 0.5) is 10.2 Å². The van der Waals surface area contributed by atoms with Gasteiger partial charge >= 0.3 is 5.97 Å². The Kier molecular flexibility index (Phi) is 6.79. The molecular formula is C17H16FN3O4S. The maximum absolute atomic E-state index is 13.6. The first-order valence-corrected chi connectivity index (χ1v) is 8.53. The van der Waals surface area contributed by atoms with Crippen molar-refractivity contribution in [1.29, 1.82) is 0 Å². The summed E-state index contributed by atoms with van der Waals surface area (Å²) in [6.45, 7) is 3.09.